The summed E-state index contributed by atoms with van der Waals surface area (Å²) < 4.78 is 4.70. The third-order valence-corrected chi connectivity index (χ3v) is 3.54. The number of ether oxygens (including phenoxy) is 1. The maximum atomic E-state index is 11.8. The maximum absolute atomic E-state index is 11.8. The Bertz CT molecular complexity index is 433. The second kappa shape index (κ2) is 10.6. The van der Waals surface area contributed by atoms with Gasteiger partial charge < -0.3 is 15.4 Å². The van der Waals surface area contributed by atoms with Crippen molar-refractivity contribution in [2.45, 2.75) is 45.4 Å². The van der Waals surface area contributed by atoms with Gasteiger partial charge in [-0.25, -0.2) is 4.79 Å². The molecule has 1 aliphatic rings. The number of hydrogen-bond donors (Lipinski definition) is 3. The quantitative estimate of drug-likeness (QED) is 0.588. The average molecular weight is 327 g/mol. The Morgan fingerprint density at radius 3 is 2.39 bits per heavy atom. The van der Waals surface area contributed by atoms with Gasteiger partial charge in [0.1, 0.15) is 6.54 Å². The number of carbonyl (C=O) groups excluding carboxylic acids is 4. The van der Waals surface area contributed by atoms with Crippen molar-refractivity contribution in [2.24, 2.45) is 5.92 Å². The first kappa shape index (κ1) is 18.9. The number of imide groups is 1. The van der Waals surface area contributed by atoms with E-state index in [1.165, 1.54) is 0 Å². The Balaban J connectivity index is 2.14. The molecule has 130 valence electrons. The highest BCUT2D eigenvalue weighted by atomic mass is 16.5. The summed E-state index contributed by atoms with van der Waals surface area (Å²) >= 11 is 0. The Morgan fingerprint density at radius 2 is 1.74 bits per heavy atom. The zero-order valence-corrected chi connectivity index (χ0v) is 13.5. The fourth-order valence-electron chi connectivity index (χ4n) is 2.31. The molecule has 0 aliphatic heterocycles. The standard InChI is InChI=1S/C15H25N3O5/c1-2-8-16-15(22)18-12(19)10-23-13(20)9-17-14(21)11-6-4-3-5-7-11/h11H,2-10H2,1H3,(H,17,21)(H2,16,18,19,22). The van der Waals surface area contributed by atoms with Crippen LogP contribution in [0.1, 0.15) is 45.4 Å². The topological polar surface area (TPSA) is 114 Å². The molecule has 0 saturated heterocycles. The van der Waals surface area contributed by atoms with Crippen molar-refractivity contribution in [3.63, 3.8) is 0 Å². The molecule has 1 fully saturated rings. The van der Waals surface area contributed by atoms with Crippen molar-refractivity contribution >= 4 is 23.8 Å². The Hall–Kier alpha value is -2.12. The predicted molar refractivity (Wildman–Crippen MR) is 82.4 cm³/mol. The summed E-state index contributed by atoms with van der Waals surface area (Å²) in [5.74, 6) is -1.61. The fourth-order valence-corrected chi connectivity index (χ4v) is 2.31. The van der Waals surface area contributed by atoms with Gasteiger partial charge in [0.05, 0.1) is 0 Å². The van der Waals surface area contributed by atoms with Gasteiger partial charge in [-0.3, -0.25) is 19.7 Å². The van der Waals surface area contributed by atoms with E-state index in [1.54, 1.807) is 0 Å². The minimum atomic E-state index is -0.717. The number of urea groups is 1. The molecule has 0 unspecified atom stereocenters. The van der Waals surface area contributed by atoms with Crippen LogP contribution in [-0.2, 0) is 19.1 Å². The normalized spacial score (nSPS) is 14.7. The lowest BCUT2D eigenvalue weighted by molar-refractivity contribution is -0.148. The summed E-state index contributed by atoms with van der Waals surface area (Å²) in [6.07, 6.45) is 5.64. The van der Waals surface area contributed by atoms with E-state index in [0.717, 1.165) is 38.5 Å². The van der Waals surface area contributed by atoms with Crippen LogP contribution in [0.2, 0.25) is 0 Å². The van der Waals surface area contributed by atoms with E-state index in [2.05, 4.69) is 10.6 Å². The predicted octanol–water partition coefficient (Wildman–Crippen LogP) is 0.462. The molecule has 8 nitrogen and oxygen atoms in total. The van der Waals surface area contributed by atoms with E-state index in [1.807, 2.05) is 12.2 Å². The zero-order chi connectivity index (χ0) is 17.1. The monoisotopic (exact) mass is 327 g/mol. The van der Waals surface area contributed by atoms with E-state index >= 15 is 0 Å². The molecule has 0 spiro atoms. The van der Waals surface area contributed by atoms with Gasteiger partial charge >= 0.3 is 12.0 Å². The van der Waals surface area contributed by atoms with Crippen LogP contribution in [0.25, 0.3) is 0 Å². The van der Waals surface area contributed by atoms with Gasteiger partial charge in [-0.05, 0) is 19.3 Å². The first-order chi connectivity index (χ1) is 11.0. The third-order valence-electron chi connectivity index (χ3n) is 3.54. The van der Waals surface area contributed by atoms with Gasteiger partial charge in [0.15, 0.2) is 6.61 Å². The van der Waals surface area contributed by atoms with E-state index in [9.17, 15) is 19.2 Å². The molecule has 1 rings (SSSR count). The van der Waals surface area contributed by atoms with Gasteiger partial charge in [-0.1, -0.05) is 26.2 Å². The highest BCUT2D eigenvalue weighted by molar-refractivity contribution is 5.95. The maximum Gasteiger partial charge on any atom is 0.325 e. The van der Waals surface area contributed by atoms with Crippen LogP contribution < -0.4 is 16.0 Å². The van der Waals surface area contributed by atoms with E-state index in [0.29, 0.717) is 6.54 Å². The lowest BCUT2D eigenvalue weighted by atomic mass is 9.89. The van der Waals surface area contributed by atoms with Gasteiger partial charge in [0, 0.05) is 12.5 Å². The van der Waals surface area contributed by atoms with Gasteiger partial charge in [0.2, 0.25) is 5.91 Å². The third kappa shape index (κ3) is 8.18. The highest BCUT2D eigenvalue weighted by Gasteiger charge is 2.21. The summed E-state index contributed by atoms with van der Waals surface area (Å²) in [7, 11) is 0. The minimum absolute atomic E-state index is 0.0397. The summed E-state index contributed by atoms with van der Waals surface area (Å²) in [4.78, 5) is 45.9. The molecule has 0 aromatic rings. The Kier molecular flexibility index (Phi) is 8.71. The van der Waals surface area contributed by atoms with Crippen LogP contribution in [0, 0.1) is 5.92 Å². The van der Waals surface area contributed by atoms with Crippen molar-refractivity contribution in [3.05, 3.63) is 0 Å². The van der Waals surface area contributed by atoms with Crippen molar-refractivity contribution in [1.29, 1.82) is 0 Å². The lowest BCUT2D eigenvalue weighted by Gasteiger charge is -2.20. The molecule has 4 amide bonds. The molecular formula is C15H25N3O5. The number of carbonyl (C=O) groups is 4. The molecular weight excluding hydrogens is 302 g/mol. The van der Waals surface area contributed by atoms with Crippen LogP contribution in [0.3, 0.4) is 0 Å². The molecule has 0 atom stereocenters. The van der Waals surface area contributed by atoms with E-state index < -0.39 is 24.5 Å². The molecule has 1 aliphatic carbocycles. The summed E-state index contributed by atoms with van der Waals surface area (Å²) in [6, 6.07) is -0.626. The van der Waals surface area contributed by atoms with Crippen LogP contribution in [0.15, 0.2) is 0 Å². The number of amides is 4. The van der Waals surface area contributed by atoms with E-state index in [-0.39, 0.29) is 18.4 Å². The van der Waals surface area contributed by atoms with Gasteiger partial charge in [-0.15, -0.1) is 0 Å². The molecule has 0 bridgehead atoms. The summed E-state index contributed by atoms with van der Waals surface area (Å²) in [5.41, 5.74) is 0. The van der Waals surface area contributed by atoms with Crippen LogP contribution in [-0.4, -0.2) is 43.5 Å². The zero-order valence-electron chi connectivity index (χ0n) is 13.5. The SMILES string of the molecule is CCCNC(=O)NC(=O)COC(=O)CNC(=O)C1CCCCC1. The van der Waals surface area contributed by atoms with Crippen molar-refractivity contribution in [1.82, 2.24) is 16.0 Å². The van der Waals surface area contributed by atoms with Gasteiger partial charge in [0.25, 0.3) is 5.91 Å². The van der Waals surface area contributed by atoms with E-state index in [4.69, 9.17) is 4.74 Å². The van der Waals surface area contributed by atoms with Gasteiger partial charge in [-0.2, -0.15) is 0 Å². The Labute approximate surface area is 135 Å². The van der Waals surface area contributed by atoms with Crippen molar-refractivity contribution in [2.75, 3.05) is 19.7 Å². The lowest BCUT2D eigenvalue weighted by Crippen LogP contribution is -2.42. The molecule has 0 heterocycles. The summed E-state index contributed by atoms with van der Waals surface area (Å²) in [5, 5.41) is 7.01. The number of nitrogens with one attached hydrogen (secondary N) is 3. The molecule has 23 heavy (non-hydrogen) atoms. The average Bonchev–Trinajstić information content (AvgIpc) is 2.56. The molecule has 0 aromatic heterocycles. The first-order valence-electron chi connectivity index (χ1n) is 8.04. The second-order valence-electron chi connectivity index (χ2n) is 5.52. The number of rotatable bonds is 7. The number of hydrogen-bond acceptors (Lipinski definition) is 5. The highest BCUT2D eigenvalue weighted by Crippen LogP contribution is 2.23. The molecule has 8 heteroatoms. The molecule has 1 saturated carbocycles. The molecule has 3 N–H and O–H groups in total. The largest absolute Gasteiger partial charge is 0.454 e. The molecule has 0 radical (unpaired) electrons. The smallest absolute Gasteiger partial charge is 0.325 e. The summed E-state index contributed by atoms with van der Waals surface area (Å²) in [6.45, 7) is 1.50. The first-order valence-corrected chi connectivity index (χ1v) is 8.04. The molecule has 0 aromatic carbocycles. The van der Waals surface area contributed by atoms with Crippen LogP contribution in [0.4, 0.5) is 4.79 Å². The van der Waals surface area contributed by atoms with Crippen LogP contribution in [0.5, 0.6) is 0 Å². The van der Waals surface area contributed by atoms with Crippen LogP contribution >= 0.6 is 0 Å². The van der Waals surface area contributed by atoms with Crippen molar-refractivity contribution < 1.29 is 23.9 Å². The minimum Gasteiger partial charge on any atom is -0.454 e. The Morgan fingerprint density at radius 1 is 1.04 bits per heavy atom. The second-order valence-corrected chi connectivity index (χ2v) is 5.52. The fraction of sp³-hybridized carbons (Fsp3) is 0.733. The van der Waals surface area contributed by atoms with Crippen molar-refractivity contribution in [3.8, 4) is 0 Å². The number of esters is 1.